The van der Waals surface area contributed by atoms with Crippen LogP contribution in [0, 0.1) is 5.92 Å². The van der Waals surface area contributed by atoms with Crippen molar-refractivity contribution in [2.45, 2.75) is 12.8 Å². The zero-order valence-corrected chi connectivity index (χ0v) is 7.90. The maximum atomic E-state index is 5.48. The number of rotatable bonds is 2. The molecule has 2 heterocycles. The summed E-state index contributed by atoms with van der Waals surface area (Å²) in [5.41, 5.74) is 11.0. The molecular weight excluding hydrogens is 180 g/mol. The van der Waals surface area contributed by atoms with E-state index in [1.165, 1.54) is 0 Å². The van der Waals surface area contributed by atoms with E-state index in [0.29, 0.717) is 11.7 Å². The van der Waals surface area contributed by atoms with Gasteiger partial charge in [-0.25, -0.2) is 0 Å². The lowest BCUT2D eigenvalue weighted by Crippen LogP contribution is -2.14. The molecule has 0 bridgehead atoms. The van der Waals surface area contributed by atoms with Crippen LogP contribution >= 0.6 is 0 Å². The van der Waals surface area contributed by atoms with Gasteiger partial charge in [0.05, 0.1) is 0 Å². The Labute approximate surface area is 82.1 Å². The van der Waals surface area contributed by atoms with Crippen molar-refractivity contribution in [2.75, 3.05) is 24.6 Å². The summed E-state index contributed by atoms with van der Waals surface area (Å²) in [6.07, 6.45) is 1.98. The highest BCUT2D eigenvalue weighted by Gasteiger charge is 2.16. The predicted molar refractivity (Wildman–Crippen MR) is 53.3 cm³/mol. The van der Waals surface area contributed by atoms with E-state index in [-0.39, 0.29) is 11.9 Å². The average molecular weight is 194 g/mol. The number of nitrogens with one attached hydrogen (secondary N) is 1. The molecule has 14 heavy (non-hydrogen) atoms. The first-order valence-corrected chi connectivity index (χ1v) is 4.70. The molecule has 1 saturated heterocycles. The Morgan fingerprint density at radius 3 is 2.50 bits per heavy atom. The molecule has 76 valence electrons. The molecule has 0 saturated carbocycles. The Bertz CT molecular complexity index is 299. The number of nitrogens with zero attached hydrogens (tertiary/aromatic N) is 3. The summed E-state index contributed by atoms with van der Waals surface area (Å²) < 4.78 is 0. The molecule has 0 aromatic carbocycles. The van der Waals surface area contributed by atoms with Gasteiger partial charge >= 0.3 is 0 Å². The molecule has 1 aliphatic rings. The first-order valence-electron chi connectivity index (χ1n) is 4.70. The smallest absolute Gasteiger partial charge is 0.225 e. The number of anilines is 2. The fourth-order valence-corrected chi connectivity index (χ4v) is 1.69. The second kappa shape index (κ2) is 3.75. The number of nitrogen functional groups attached to an aromatic ring is 2. The van der Waals surface area contributed by atoms with Gasteiger partial charge in [0.15, 0.2) is 0 Å². The van der Waals surface area contributed by atoms with Crippen molar-refractivity contribution in [2.24, 2.45) is 5.92 Å². The highest BCUT2D eigenvalue weighted by atomic mass is 15.1. The second-order valence-corrected chi connectivity index (χ2v) is 3.53. The molecule has 1 aromatic rings. The van der Waals surface area contributed by atoms with Gasteiger partial charge in [-0.15, -0.1) is 0 Å². The van der Waals surface area contributed by atoms with Gasteiger partial charge in [-0.2, -0.15) is 15.0 Å². The van der Waals surface area contributed by atoms with E-state index < -0.39 is 0 Å². The predicted octanol–water partition coefficient (Wildman–Crippen LogP) is -0.812. The molecule has 0 amide bonds. The van der Waals surface area contributed by atoms with E-state index in [9.17, 15) is 0 Å². The van der Waals surface area contributed by atoms with E-state index >= 15 is 0 Å². The van der Waals surface area contributed by atoms with Crippen molar-refractivity contribution in [3.8, 4) is 0 Å². The largest absolute Gasteiger partial charge is 0.368 e. The summed E-state index contributed by atoms with van der Waals surface area (Å²) >= 11 is 0. The van der Waals surface area contributed by atoms with Crippen LogP contribution in [0.25, 0.3) is 0 Å². The van der Waals surface area contributed by atoms with Gasteiger partial charge in [-0.05, 0) is 25.4 Å². The molecule has 1 unspecified atom stereocenters. The second-order valence-electron chi connectivity index (χ2n) is 3.53. The Kier molecular flexibility index (Phi) is 2.45. The summed E-state index contributed by atoms with van der Waals surface area (Å²) in [4.78, 5) is 11.8. The normalized spacial score (nSPS) is 21.3. The maximum absolute atomic E-state index is 5.48. The van der Waals surface area contributed by atoms with Crippen LogP contribution in [0.1, 0.15) is 12.2 Å². The van der Waals surface area contributed by atoms with Crippen LogP contribution in [0.3, 0.4) is 0 Å². The monoisotopic (exact) mass is 194 g/mol. The van der Waals surface area contributed by atoms with Crippen molar-refractivity contribution >= 4 is 11.9 Å². The fourth-order valence-electron chi connectivity index (χ4n) is 1.69. The standard InChI is InChI=1S/C8H14N6/c9-7-12-6(13-8(10)14-7)3-5-1-2-11-4-5/h5,11H,1-4H2,(H4,9,10,12,13,14). The molecule has 1 atom stereocenters. The summed E-state index contributed by atoms with van der Waals surface area (Å²) in [6, 6.07) is 0. The molecule has 0 radical (unpaired) electrons. The number of hydrogen-bond donors (Lipinski definition) is 3. The Morgan fingerprint density at radius 1 is 1.21 bits per heavy atom. The lowest BCUT2D eigenvalue weighted by molar-refractivity contribution is 0.561. The van der Waals surface area contributed by atoms with Gasteiger partial charge in [0, 0.05) is 6.42 Å². The quantitative estimate of drug-likeness (QED) is 0.569. The highest BCUT2D eigenvalue weighted by Crippen LogP contribution is 2.13. The molecular formula is C8H14N6. The molecule has 6 heteroatoms. The first kappa shape index (κ1) is 9.14. The SMILES string of the molecule is Nc1nc(N)nc(CC2CCNC2)n1. The van der Waals surface area contributed by atoms with Crippen LogP contribution in [0.15, 0.2) is 0 Å². The molecule has 6 nitrogen and oxygen atoms in total. The Balaban J connectivity index is 2.07. The Hall–Kier alpha value is -1.43. The van der Waals surface area contributed by atoms with Crippen LogP contribution in [0.2, 0.25) is 0 Å². The number of hydrogen-bond acceptors (Lipinski definition) is 6. The van der Waals surface area contributed by atoms with Gasteiger partial charge in [0.2, 0.25) is 11.9 Å². The van der Waals surface area contributed by atoms with E-state index in [1.54, 1.807) is 0 Å². The zero-order valence-electron chi connectivity index (χ0n) is 7.90. The fraction of sp³-hybridized carbons (Fsp3) is 0.625. The minimum absolute atomic E-state index is 0.207. The molecule has 1 aliphatic heterocycles. The van der Waals surface area contributed by atoms with Crippen molar-refractivity contribution in [1.82, 2.24) is 20.3 Å². The third kappa shape index (κ3) is 2.08. The summed E-state index contributed by atoms with van der Waals surface area (Å²) in [6.45, 7) is 2.09. The topological polar surface area (TPSA) is 103 Å². The maximum Gasteiger partial charge on any atom is 0.225 e. The van der Waals surface area contributed by atoms with Crippen molar-refractivity contribution < 1.29 is 0 Å². The van der Waals surface area contributed by atoms with Crippen LogP contribution in [0.5, 0.6) is 0 Å². The van der Waals surface area contributed by atoms with E-state index in [0.717, 1.165) is 25.9 Å². The van der Waals surface area contributed by atoms with Gasteiger partial charge in [0.1, 0.15) is 5.82 Å². The van der Waals surface area contributed by atoms with E-state index in [4.69, 9.17) is 11.5 Å². The Morgan fingerprint density at radius 2 is 1.93 bits per heavy atom. The molecule has 0 spiro atoms. The van der Waals surface area contributed by atoms with E-state index in [2.05, 4.69) is 20.3 Å². The van der Waals surface area contributed by atoms with Crippen LogP contribution in [-0.2, 0) is 6.42 Å². The van der Waals surface area contributed by atoms with Crippen LogP contribution in [0.4, 0.5) is 11.9 Å². The van der Waals surface area contributed by atoms with Crippen molar-refractivity contribution in [3.05, 3.63) is 5.82 Å². The van der Waals surface area contributed by atoms with Crippen molar-refractivity contribution in [3.63, 3.8) is 0 Å². The number of aromatic nitrogens is 3. The van der Waals surface area contributed by atoms with Gasteiger partial charge < -0.3 is 16.8 Å². The third-order valence-electron chi connectivity index (χ3n) is 2.35. The summed E-state index contributed by atoms with van der Waals surface area (Å²) in [7, 11) is 0. The van der Waals surface area contributed by atoms with E-state index in [1.807, 2.05) is 0 Å². The lowest BCUT2D eigenvalue weighted by Gasteiger charge is -2.06. The minimum Gasteiger partial charge on any atom is -0.368 e. The zero-order chi connectivity index (χ0) is 9.97. The number of nitrogens with two attached hydrogens (primary N) is 2. The van der Waals surface area contributed by atoms with Crippen LogP contribution < -0.4 is 16.8 Å². The summed E-state index contributed by atoms with van der Waals surface area (Å²) in [5, 5.41) is 3.29. The first-order chi connectivity index (χ1) is 6.74. The van der Waals surface area contributed by atoms with Crippen molar-refractivity contribution in [1.29, 1.82) is 0 Å². The molecule has 2 rings (SSSR count). The molecule has 0 aliphatic carbocycles. The molecule has 5 N–H and O–H groups in total. The molecule has 1 fully saturated rings. The minimum atomic E-state index is 0.207. The molecule has 1 aromatic heterocycles. The van der Waals surface area contributed by atoms with Gasteiger partial charge in [-0.1, -0.05) is 0 Å². The highest BCUT2D eigenvalue weighted by molar-refractivity contribution is 5.25. The lowest BCUT2D eigenvalue weighted by atomic mass is 10.1. The summed E-state index contributed by atoms with van der Waals surface area (Å²) in [5.74, 6) is 1.71. The third-order valence-corrected chi connectivity index (χ3v) is 2.35. The van der Waals surface area contributed by atoms with Gasteiger partial charge in [0.25, 0.3) is 0 Å². The average Bonchev–Trinajstić information content (AvgIpc) is 2.54. The van der Waals surface area contributed by atoms with Gasteiger partial charge in [-0.3, -0.25) is 0 Å². The van der Waals surface area contributed by atoms with Crippen LogP contribution in [-0.4, -0.2) is 28.0 Å².